The summed E-state index contributed by atoms with van der Waals surface area (Å²) >= 11 is 9.01. The first-order valence-electron chi connectivity index (χ1n) is 4.03. The molecule has 1 aliphatic rings. The van der Waals surface area contributed by atoms with Gasteiger partial charge in [0, 0.05) is 22.5 Å². The fourth-order valence-electron chi connectivity index (χ4n) is 1.18. The molecule has 1 aromatic heterocycles. The van der Waals surface area contributed by atoms with Gasteiger partial charge in [-0.05, 0) is 12.2 Å². The normalized spacial score (nSPS) is 23.2. The Morgan fingerprint density at radius 3 is 3.15 bits per heavy atom. The monoisotopic (exact) mass is 234 g/mol. The van der Waals surface area contributed by atoms with E-state index in [0.29, 0.717) is 10.0 Å². The molecule has 7 heteroatoms. The maximum absolute atomic E-state index is 5.00. The van der Waals surface area contributed by atoms with Crippen LogP contribution in [0, 0.1) is 4.77 Å². The van der Waals surface area contributed by atoms with Crippen LogP contribution < -0.4 is 0 Å². The van der Waals surface area contributed by atoms with Gasteiger partial charge in [0.1, 0.15) is 0 Å². The molecule has 1 saturated heterocycles. The minimum Gasteiger partial charge on any atom is -0.241 e. The molecule has 1 aliphatic heterocycles. The van der Waals surface area contributed by atoms with Crippen molar-refractivity contribution in [1.29, 1.82) is 0 Å². The minimum absolute atomic E-state index is 0.552. The molecule has 1 fully saturated rings. The van der Waals surface area contributed by atoms with E-state index in [1.165, 1.54) is 17.3 Å². The van der Waals surface area contributed by atoms with E-state index in [1.54, 1.807) is 0 Å². The molecule has 2 rings (SSSR count). The zero-order valence-corrected chi connectivity index (χ0v) is 9.42. The second-order valence-corrected chi connectivity index (χ2v) is 5.68. The van der Waals surface area contributed by atoms with Crippen molar-refractivity contribution in [3.63, 3.8) is 0 Å². The molecule has 2 heterocycles. The Morgan fingerprint density at radius 2 is 2.54 bits per heavy atom. The number of hydrogen-bond donors (Lipinski definition) is 1. The van der Waals surface area contributed by atoms with Gasteiger partial charge in [0.15, 0.2) is 0 Å². The minimum atomic E-state index is 0.552. The van der Waals surface area contributed by atoms with E-state index in [2.05, 4.69) is 15.5 Å². The molecule has 0 aliphatic carbocycles. The van der Waals surface area contributed by atoms with E-state index < -0.39 is 0 Å². The Hall–Kier alpha value is -0.0100. The third-order valence-corrected chi connectivity index (χ3v) is 4.93. The topological polar surface area (TPSA) is 46.5 Å². The molecule has 0 spiro atoms. The number of aromatic nitrogens is 4. The predicted molar refractivity (Wildman–Crippen MR) is 58.8 cm³/mol. The highest BCUT2D eigenvalue weighted by Gasteiger charge is 2.15. The quantitative estimate of drug-likeness (QED) is 0.779. The lowest BCUT2D eigenvalue weighted by atomic mass is 10.5. The van der Waals surface area contributed by atoms with Gasteiger partial charge in [-0.2, -0.15) is 28.7 Å². The van der Waals surface area contributed by atoms with Crippen LogP contribution in [0.15, 0.2) is 0 Å². The third-order valence-electron chi connectivity index (χ3n) is 1.80. The summed E-state index contributed by atoms with van der Waals surface area (Å²) in [5.41, 5.74) is 0. The molecule has 13 heavy (non-hydrogen) atoms. The molecule has 0 bridgehead atoms. The summed E-state index contributed by atoms with van der Waals surface area (Å²) in [4.78, 5) is 0. The third kappa shape index (κ3) is 2.47. The van der Waals surface area contributed by atoms with Gasteiger partial charge in [-0.1, -0.05) is 10.3 Å². The zero-order chi connectivity index (χ0) is 9.10. The van der Waals surface area contributed by atoms with Gasteiger partial charge in [-0.15, -0.1) is 0 Å². The largest absolute Gasteiger partial charge is 0.241 e. The van der Waals surface area contributed by atoms with Gasteiger partial charge in [0.25, 0.3) is 0 Å². The van der Waals surface area contributed by atoms with E-state index >= 15 is 0 Å². The van der Waals surface area contributed by atoms with Crippen LogP contribution in [0.2, 0.25) is 0 Å². The highest BCUT2D eigenvalue weighted by atomic mass is 32.2. The van der Waals surface area contributed by atoms with Gasteiger partial charge < -0.3 is 0 Å². The lowest BCUT2D eigenvalue weighted by Gasteiger charge is -2.20. The van der Waals surface area contributed by atoms with Crippen molar-refractivity contribution in [1.82, 2.24) is 20.2 Å². The summed E-state index contributed by atoms with van der Waals surface area (Å²) in [5.74, 6) is 3.71. The maximum atomic E-state index is 5.00. The summed E-state index contributed by atoms with van der Waals surface area (Å²) in [7, 11) is 0. The van der Waals surface area contributed by atoms with E-state index in [0.717, 1.165) is 6.54 Å². The van der Waals surface area contributed by atoms with Crippen molar-refractivity contribution in [2.45, 2.75) is 11.8 Å². The molecule has 0 amide bonds. The van der Waals surface area contributed by atoms with Crippen molar-refractivity contribution in [2.75, 3.05) is 17.3 Å². The average Bonchev–Trinajstić information content (AvgIpc) is 2.54. The number of nitrogens with one attached hydrogen (secondary N) is 1. The average molecular weight is 234 g/mol. The molecular formula is C6H10N4S3. The van der Waals surface area contributed by atoms with Crippen molar-refractivity contribution in [3.05, 3.63) is 4.77 Å². The Balaban J connectivity index is 1.97. The van der Waals surface area contributed by atoms with Crippen LogP contribution in [-0.4, -0.2) is 42.7 Å². The molecule has 0 radical (unpaired) electrons. The van der Waals surface area contributed by atoms with Crippen LogP contribution in [0.3, 0.4) is 0 Å². The molecule has 0 aromatic carbocycles. The number of H-pyrrole nitrogens is 1. The lowest BCUT2D eigenvalue weighted by Crippen LogP contribution is -2.21. The second kappa shape index (κ2) is 4.47. The Morgan fingerprint density at radius 1 is 1.62 bits per heavy atom. The first kappa shape index (κ1) is 9.54. The van der Waals surface area contributed by atoms with Gasteiger partial charge in [0.2, 0.25) is 4.77 Å². The number of aromatic amines is 1. The van der Waals surface area contributed by atoms with E-state index in [4.69, 9.17) is 12.2 Å². The van der Waals surface area contributed by atoms with Gasteiger partial charge in [-0.3, -0.25) is 0 Å². The first-order chi connectivity index (χ1) is 6.36. The molecule has 0 saturated carbocycles. The SMILES string of the molecule is S=c1nn[nH]n1CC1CSCCS1. The maximum Gasteiger partial charge on any atom is 0.238 e. The van der Waals surface area contributed by atoms with Crippen molar-refractivity contribution in [2.24, 2.45) is 0 Å². The van der Waals surface area contributed by atoms with Crippen LogP contribution in [0.1, 0.15) is 0 Å². The molecule has 72 valence electrons. The second-order valence-electron chi connectivity index (χ2n) is 2.76. The lowest BCUT2D eigenvalue weighted by molar-refractivity contribution is 0.583. The van der Waals surface area contributed by atoms with E-state index in [9.17, 15) is 0 Å². The summed E-state index contributed by atoms with van der Waals surface area (Å²) in [5, 5.41) is 10.8. The predicted octanol–water partition coefficient (Wildman–Crippen LogP) is 1.18. The highest BCUT2D eigenvalue weighted by molar-refractivity contribution is 8.06. The smallest absolute Gasteiger partial charge is 0.238 e. The highest BCUT2D eigenvalue weighted by Crippen LogP contribution is 2.24. The summed E-state index contributed by atoms with van der Waals surface area (Å²) < 4.78 is 2.38. The number of rotatable bonds is 2. The Labute approximate surface area is 89.8 Å². The zero-order valence-electron chi connectivity index (χ0n) is 6.97. The summed E-state index contributed by atoms with van der Waals surface area (Å²) in [6.07, 6.45) is 0. The van der Waals surface area contributed by atoms with Gasteiger partial charge in [0.05, 0.1) is 6.54 Å². The molecular weight excluding hydrogens is 224 g/mol. The van der Waals surface area contributed by atoms with Crippen molar-refractivity contribution >= 4 is 35.7 Å². The molecule has 1 aromatic rings. The number of tetrazole rings is 1. The molecule has 1 unspecified atom stereocenters. The fraction of sp³-hybridized carbons (Fsp3) is 0.833. The molecule has 1 N–H and O–H groups in total. The standard InChI is InChI=1S/C6H10N4S3/c11-6-7-8-9-10(6)3-5-4-12-1-2-13-5/h5H,1-4H2,(H,7,9,11). The Bertz CT molecular complexity index is 314. The molecule has 1 atom stereocenters. The van der Waals surface area contributed by atoms with Gasteiger partial charge in [-0.25, -0.2) is 4.68 Å². The summed E-state index contributed by atoms with van der Waals surface area (Å²) in [6, 6.07) is 0. The van der Waals surface area contributed by atoms with Gasteiger partial charge >= 0.3 is 0 Å². The number of nitrogens with zero attached hydrogens (tertiary/aromatic N) is 3. The van der Waals surface area contributed by atoms with Crippen LogP contribution in [0.5, 0.6) is 0 Å². The van der Waals surface area contributed by atoms with Crippen LogP contribution in [0.25, 0.3) is 0 Å². The van der Waals surface area contributed by atoms with E-state index in [1.807, 2.05) is 28.2 Å². The number of thioether (sulfide) groups is 2. The van der Waals surface area contributed by atoms with Crippen molar-refractivity contribution in [3.8, 4) is 0 Å². The Kier molecular flexibility index (Phi) is 3.28. The van der Waals surface area contributed by atoms with Crippen LogP contribution >= 0.6 is 35.7 Å². The fourth-order valence-corrected chi connectivity index (χ4v) is 3.99. The van der Waals surface area contributed by atoms with Crippen LogP contribution in [-0.2, 0) is 6.54 Å². The van der Waals surface area contributed by atoms with E-state index in [-0.39, 0.29) is 0 Å². The van der Waals surface area contributed by atoms with Crippen LogP contribution in [0.4, 0.5) is 0 Å². The first-order valence-corrected chi connectivity index (χ1v) is 6.64. The molecule has 4 nitrogen and oxygen atoms in total. The van der Waals surface area contributed by atoms with Crippen molar-refractivity contribution < 1.29 is 0 Å². The number of hydrogen-bond acceptors (Lipinski definition) is 5. The summed E-state index contributed by atoms with van der Waals surface area (Å²) in [6.45, 7) is 0.906.